The second-order valence-electron chi connectivity index (χ2n) is 9.53. The summed E-state index contributed by atoms with van der Waals surface area (Å²) in [4.78, 5) is 27.4. The largest absolute Gasteiger partial charge is 0.444 e. The topological polar surface area (TPSA) is 92.8 Å². The van der Waals surface area contributed by atoms with E-state index in [0.29, 0.717) is 36.3 Å². The normalized spacial score (nSPS) is 20.8. The highest BCUT2D eigenvalue weighted by molar-refractivity contribution is 7.90. The van der Waals surface area contributed by atoms with E-state index < -0.39 is 15.4 Å². The van der Waals surface area contributed by atoms with Gasteiger partial charge in [0.15, 0.2) is 9.84 Å². The minimum absolute atomic E-state index is 0.00401. The first kappa shape index (κ1) is 22.3. The van der Waals surface area contributed by atoms with Crippen molar-refractivity contribution in [2.24, 2.45) is 5.92 Å². The van der Waals surface area contributed by atoms with Gasteiger partial charge in [-0.15, -0.1) is 0 Å². The molecule has 32 heavy (non-hydrogen) atoms. The molecule has 170 valence electrons. The SMILES string of the molecule is CC(C)(C)OC(=O)N1CC2CNC(=O)c3cc(-c4ccccc4S(C)(=O)=O)ccc3C2C1. The summed E-state index contributed by atoms with van der Waals surface area (Å²) in [7, 11) is -3.43. The number of carbonyl (C=O) groups excluding carboxylic acids is 2. The molecular formula is C24H28N2O5S. The van der Waals surface area contributed by atoms with Crippen molar-refractivity contribution in [1.82, 2.24) is 10.2 Å². The third-order valence-corrected chi connectivity index (χ3v) is 7.07. The van der Waals surface area contributed by atoms with Gasteiger partial charge in [-0.3, -0.25) is 4.79 Å². The highest BCUT2D eigenvalue weighted by atomic mass is 32.2. The van der Waals surface area contributed by atoms with Crippen molar-refractivity contribution < 1.29 is 22.7 Å². The third kappa shape index (κ3) is 4.37. The molecule has 2 aromatic carbocycles. The Hall–Kier alpha value is -2.87. The van der Waals surface area contributed by atoms with E-state index in [-0.39, 0.29) is 28.7 Å². The molecular weight excluding hydrogens is 428 g/mol. The zero-order valence-electron chi connectivity index (χ0n) is 18.7. The Morgan fingerprint density at radius 2 is 1.81 bits per heavy atom. The Morgan fingerprint density at radius 3 is 2.50 bits per heavy atom. The standard InChI is InChI=1S/C24H28N2O5S/c1-24(2,3)31-23(28)26-13-16-12-25-22(27)19-11-15(9-10-18(19)20(16)14-26)17-7-5-6-8-21(17)32(4,29)30/h5-11,16,20H,12-14H2,1-4H3,(H,25,27). The molecule has 0 bridgehead atoms. The summed E-state index contributed by atoms with van der Waals surface area (Å²) in [6.45, 7) is 6.96. The Labute approximate surface area is 188 Å². The predicted octanol–water partition coefficient (Wildman–Crippen LogP) is 3.45. The average Bonchev–Trinajstić information content (AvgIpc) is 3.09. The molecule has 7 nitrogen and oxygen atoms in total. The van der Waals surface area contributed by atoms with Crippen LogP contribution >= 0.6 is 0 Å². The van der Waals surface area contributed by atoms with Crippen molar-refractivity contribution in [2.45, 2.75) is 37.2 Å². The van der Waals surface area contributed by atoms with E-state index in [1.165, 1.54) is 6.26 Å². The van der Waals surface area contributed by atoms with Crippen LogP contribution in [0.1, 0.15) is 42.6 Å². The molecule has 8 heteroatoms. The molecule has 0 aromatic heterocycles. The summed E-state index contributed by atoms with van der Waals surface area (Å²) >= 11 is 0. The molecule has 0 aliphatic carbocycles. The monoisotopic (exact) mass is 456 g/mol. The molecule has 1 saturated heterocycles. The van der Waals surface area contributed by atoms with Crippen molar-refractivity contribution in [2.75, 3.05) is 25.9 Å². The Bertz CT molecular complexity index is 1180. The summed E-state index contributed by atoms with van der Waals surface area (Å²) < 4.78 is 30.0. The maximum absolute atomic E-state index is 12.9. The molecule has 2 heterocycles. The average molecular weight is 457 g/mol. The van der Waals surface area contributed by atoms with Crippen molar-refractivity contribution in [3.05, 3.63) is 53.6 Å². The first-order chi connectivity index (χ1) is 14.9. The summed E-state index contributed by atoms with van der Waals surface area (Å²) in [5, 5.41) is 2.97. The molecule has 1 fully saturated rings. The molecule has 2 aromatic rings. The molecule has 2 aliphatic heterocycles. The van der Waals surface area contributed by atoms with Gasteiger partial charge in [-0.1, -0.05) is 30.3 Å². The second-order valence-corrected chi connectivity index (χ2v) is 11.5. The summed E-state index contributed by atoms with van der Waals surface area (Å²) in [6.07, 6.45) is 0.827. The number of benzene rings is 2. The van der Waals surface area contributed by atoms with Crippen LogP contribution in [-0.4, -0.2) is 56.8 Å². The fraction of sp³-hybridized carbons (Fsp3) is 0.417. The summed E-state index contributed by atoms with van der Waals surface area (Å²) in [6, 6.07) is 12.3. The van der Waals surface area contributed by atoms with Crippen molar-refractivity contribution in [3.8, 4) is 11.1 Å². The number of ether oxygens (including phenoxy) is 1. The molecule has 2 aliphatic rings. The minimum atomic E-state index is -3.43. The molecule has 1 N–H and O–H groups in total. The Balaban J connectivity index is 1.70. The number of nitrogens with zero attached hydrogens (tertiary/aromatic N) is 1. The lowest BCUT2D eigenvalue weighted by Crippen LogP contribution is -2.36. The van der Waals surface area contributed by atoms with Crippen molar-refractivity contribution >= 4 is 21.8 Å². The lowest BCUT2D eigenvalue weighted by molar-refractivity contribution is 0.0287. The number of carbonyl (C=O) groups is 2. The smallest absolute Gasteiger partial charge is 0.410 e. The van der Waals surface area contributed by atoms with Gasteiger partial charge in [-0.25, -0.2) is 13.2 Å². The fourth-order valence-corrected chi connectivity index (χ4v) is 5.41. The number of fused-ring (bicyclic) bond motifs is 3. The van der Waals surface area contributed by atoms with Crippen LogP contribution < -0.4 is 5.32 Å². The number of likely N-dealkylation sites (tertiary alicyclic amines) is 1. The molecule has 2 atom stereocenters. The fourth-order valence-electron chi connectivity index (χ4n) is 4.50. The van der Waals surface area contributed by atoms with Gasteiger partial charge in [0.05, 0.1) is 4.90 Å². The van der Waals surface area contributed by atoms with E-state index in [4.69, 9.17) is 4.74 Å². The summed E-state index contributed by atoms with van der Waals surface area (Å²) in [5.74, 6) is -0.102. The number of amides is 2. The number of nitrogens with one attached hydrogen (secondary N) is 1. The van der Waals surface area contributed by atoms with E-state index in [9.17, 15) is 18.0 Å². The number of rotatable bonds is 2. The van der Waals surface area contributed by atoms with E-state index in [1.54, 1.807) is 35.2 Å². The first-order valence-corrected chi connectivity index (χ1v) is 12.5. The van der Waals surface area contributed by atoms with Gasteiger partial charge in [-0.2, -0.15) is 0 Å². The van der Waals surface area contributed by atoms with Gasteiger partial charge in [0.2, 0.25) is 0 Å². The highest BCUT2D eigenvalue weighted by Gasteiger charge is 2.41. The second kappa shape index (κ2) is 7.92. The van der Waals surface area contributed by atoms with Crippen LogP contribution in [0.4, 0.5) is 4.79 Å². The van der Waals surface area contributed by atoms with Crippen LogP contribution in [-0.2, 0) is 14.6 Å². The first-order valence-electron chi connectivity index (χ1n) is 10.6. The lowest BCUT2D eigenvalue weighted by Gasteiger charge is -2.24. The molecule has 0 spiro atoms. The Kier molecular flexibility index (Phi) is 5.53. The quantitative estimate of drug-likeness (QED) is 0.747. The summed E-state index contributed by atoms with van der Waals surface area (Å²) in [5.41, 5.74) is 2.05. The maximum atomic E-state index is 12.9. The molecule has 0 radical (unpaired) electrons. The number of hydrogen-bond donors (Lipinski definition) is 1. The van der Waals surface area contributed by atoms with Crippen LogP contribution in [0, 0.1) is 5.92 Å². The van der Waals surface area contributed by atoms with E-state index in [2.05, 4.69) is 5.32 Å². The van der Waals surface area contributed by atoms with Crippen molar-refractivity contribution in [3.63, 3.8) is 0 Å². The van der Waals surface area contributed by atoms with Gasteiger partial charge in [0.25, 0.3) is 5.91 Å². The minimum Gasteiger partial charge on any atom is -0.444 e. The maximum Gasteiger partial charge on any atom is 0.410 e. The molecule has 2 amide bonds. The molecule has 4 rings (SSSR count). The number of hydrogen-bond acceptors (Lipinski definition) is 5. The van der Waals surface area contributed by atoms with E-state index in [1.807, 2.05) is 32.9 Å². The lowest BCUT2D eigenvalue weighted by atomic mass is 9.86. The van der Waals surface area contributed by atoms with Crippen LogP contribution in [0.15, 0.2) is 47.4 Å². The molecule has 2 unspecified atom stereocenters. The van der Waals surface area contributed by atoms with Crippen LogP contribution in [0.5, 0.6) is 0 Å². The van der Waals surface area contributed by atoms with Crippen molar-refractivity contribution in [1.29, 1.82) is 0 Å². The van der Waals surface area contributed by atoms with Gasteiger partial charge in [-0.05, 0) is 44.0 Å². The zero-order valence-corrected chi connectivity index (χ0v) is 19.5. The third-order valence-electron chi connectivity index (χ3n) is 5.91. The van der Waals surface area contributed by atoms with Gasteiger partial charge >= 0.3 is 6.09 Å². The highest BCUT2D eigenvalue weighted by Crippen LogP contribution is 2.39. The number of sulfone groups is 1. The predicted molar refractivity (Wildman–Crippen MR) is 121 cm³/mol. The van der Waals surface area contributed by atoms with E-state index >= 15 is 0 Å². The molecule has 0 saturated carbocycles. The van der Waals surface area contributed by atoms with Crippen LogP contribution in [0.25, 0.3) is 11.1 Å². The van der Waals surface area contributed by atoms with Crippen LogP contribution in [0.3, 0.4) is 0 Å². The zero-order chi connectivity index (χ0) is 23.3. The van der Waals surface area contributed by atoms with Crippen LogP contribution in [0.2, 0.25) is 0 Å². The van der Waals surface area contributed by atoms with E-state index in [0.717, 1.165) is 5.56 Å². The van der Waals surface area contributed by atoms with Gasteiger partial charge < -0.3 is 15.0 Å². The van der Waals surface area contributed by atoms with Gasteiger partial charge in [0.1, 0.15) is 5.60 Å². The Morgan fingerprint density at radius 1 is 1.09 bits per heavy atom. The van der Waals surface area contributed by atoms with Gasteiger partial charge in [0, 0.05) is 48.9 Å².